The molecule has 0 aliphatic rings. The first kappa shape index (κ1) is 17.1. The first-order chi connectivity index (χ1) is 9.78. The van der Waals surface area contributed by atoms with E-state index in [4.69, 9.17) is 10.2 Å². The summed E-state index contributed by atoms with van der Waals surface area (Å²) in [6, 6.07) is 6.20. The van der Waals surface area contributed by atoms with Gasteiger partial charge >= 0.3 is 5.97 Å². The minimum atomic E-state index is -3.64. The van der Waals surface area contributed by atoms with Gasteiger partial charge in [0.2, 0.25) is 10.0 Å². The van der Waals surface area contributed by atoms with E-state index in [2.05, 4.69) is 5.32 Å². The van der Waals surface area contributed by atoms with Crippen molar-refractivity contribution in [1.82, 2.24) is 5.32 Å². The van der Waals surface area contributed by atoms with Crippen LogP contribution >= 0.6 is 0 Å². The van der Waals surface area contributed by atoms with Gasteiger partial charge in [0.15, 0.2) is 0 Å². The average Bonchev–Trinajstić information content (AvgIpc) is 2.36. The van der Waals surface area contributed by atoms with Gasteiger partial charge in [-0.2, -0.15) is 0 Å². The molecule has 0 aliphatic carbocycles. The van der Waals surface area contributed by atoms with Crippen LogP contribution in [-0.4, -0.2) is 31.9 Å². The zero-order chi connectivity index (χ0) is 15.9. The van der Waals surface area contributed by atoms with Crippen molar-refractivity contribution < 1.29 is 23.1 Å². The topological polar surface area (TPSA) is 127 Å². The maximum absolute atomic E-state index is 11.9. The van der Waals surface area contributed by atoms with E-state index < -0.39 is 16.0 Å². The number of carbonyl (C=O) groups excluding carboxylic acids is 1. The molecule has 0 radical (unpaired) electrons. The average molecular weight is 314 g/mol. The van der Waals surface area contributed by atoms with Gasteiger partial charge in [0.1, 0.15) is 0 Å². The summed E-state index contributed by atoms with van der Waals surface area (Å²) in [5.41, 5.74) is 0.783. The number of rotatable bonds is 8. The molecule has 1 amide bonds. The molecule has 0 aromatic heterocycles. The number of nitrogens with two attached hydrogens (primary N) is 1. The van der Waals surface area contributed by atoms with Crippen molar-refractivity contribution >= 4 is 21.9 Å². The first-order valence-electron chi connectivity index (χ1n) is 6.37. The quantitative estimate of drug-likeness (QED) is 0.601. The third-order valence-electron chi connectivity index (χ3n) is 2.66. The number of aliphatic carboxylic acids is 1. The summed E-state index contributed by atoms with van der Waals surface area (Å²) in [6.45, 7) is 0.367. The Morgan fingerprint density at radius 2 is 1.95 bits per heavy atom. The molecule has 0 bridgehead atoms. The highest BCUT2D eigenvalue weighted by Gasteiger charge is 2.09. The van der Waals surface area contributed by atoms with Gasteiger partial charge in [0.05, 0.1) is 5.75 Å². The van der Waals surface area contributed by atoms with E-state index in [-0.39, 0.29) is 18.1 Å². The number of hydrogen-bond acceptors (Lipinski definition) is 4. The molecular weight excluding hydrogens is 296 g/mol. The van der Waals surface area contributed by atoms with Crippen LogP contribution in [0.1, 0.15) is 35.2 Å². The van der Waals surface area contributed by atoms with Crippen molar-refractivity contribution in [1.29, 1.82) is 0 Å². The molecule has 0 atom stereocenters. The molecule has 0 saturated carbocycles. The molecule has 0 spiro atoms. The minimum Gasteiger partial charge on any atom is -0.481 e. The molecule has 8 heteroatoms. The number of unbranched alkanes of at least 4 members (excludes halogenated alkanes) is 1. The largest absolute Gasteiger partial charge is 0.481 e. The molecular formula is C13H18N2O5S. The predicted molar refractivity (Wildman–Crippen MR) is 77.1 cm³/mol. The van der Waals surface area contributed by atoms with Crippen LogP contribution in [0.2, 0.25) is 0 Å². The van der Waals surface area contributed by atoms with Crippen LogP contribution in [-0.2, 0) is 20.6 Å². The van der Waals surface area contributed by atoms with E-state index in [1.165, 1.54) is 6.07 Å². The maximum Gasteiger partial charge on any atom is 0.303 e. The van der Waals surface area contributed by atoms with Crippen LogP contribution < -0.4 is 10.5 Å². The summed E-state index contributed by atoms with van der Waals surface area (Å²) in [5, 5.41) is 16.1. The Balaban J connectivity index is 2.51. The lowest BCUT2D eigenvalue weighted by Crippen LogP contribution is -2.24. The highest BCUT2D eigenvalue weighted by atomic mass is 32.2. The highest BCUT2D eigenvalue weighted by Crippen LogP contribution is 2.08. The van der Waals surface area contributed by atoms with Gasteiger partial charge in [-0.15, -0.1) is 0 Å². The molecule has 0 unspecified atom stereocenters. The van der Waals surface area contributed by atoms with Gasteiger partial charge in [-0.3, -0.25) is 9.59 Å². The lowest BCUT2D eigenvalue weighted by molar-refractivity contribution is -0.137. The van der Waals surface area contributed by atoms with Gasteiger partial charge in [-0.05, 0) is 30.5 Å². The Kier molecular flexibility index (Phi) is 6.32. The number of amides is 1. The summed E-state index contributed by atoms with van der Waals surface area (Å²) >= 11 is 0. The molecule has 116 valence electrons. The second-order valence-corrected chi connectivity index (χ2v) is 6.23. The normalized spacial score (nSPS) is 11.1. The summed E-state index contributed by atoms with van der Waals surface area (Å²) in [7, 11) is -3.64. The summed E-state index contributed by atoms with van der Waals surface area (Å²) < 4.78 is 22.0. The van der Waals surface area contributed by atoms with Gasteiger partial charge < -0.3 is 10.4 Å². The molecule has 0 heterocycles. The van der Waals surface area contributed by atoms with E-state index in [0.29, 0.717) is 30.5 Å². The maximum atomic E-state index is 11.9. The smallest absolute Gasteiger partial charge is 0.303 e. The number of benzene rings is 1. The number of nitrogens with one attached hydrogen (secondary N) is 1. The number of sulfonamides is 1. The van der Waals surface area contributed by atoms with Crippen LogP contribution in [0.3, 0.4) is 0 Å². The Bertz CT molecular complexity index is 613. The Hall–Kier alpha value is -1.93. The Morgan fingerprint density at radius 1 is 1.24 bits per heavy atom. The van der Waals surface area contributed by atoms with Crippen LogP contribution in [0.15, 0.2) is 24.3 Å². The summed E-state index contributed by atoms with van der Waals surface area (Å²) in [5.74, 6) is -1.52. The molecule has 0 aliphatic heterocycles. The second-order valence-electron chi connectivity index (χ2n) is 4.61. The third kappa shape index (κ3) is 7.42. The van der Waals surface area contributed by atoms with Crippen LogP contribution in [0.25, 0.3) is 0 Å². The fraction of sp³-hybridized carbons (Fsp3) is 0.385. The standard InChI is InChI=1S/C13H18N2O5S/c14-21(19,20)9-10-4-3-5-11(8-10)13(18)15-7-2-1-6-12(16)17/h3-5,8H,1-2,6-7,9H2,(H,15,18)(H,16,17)(H2,14,19,20). The van der Waals surface area contributed by atoms with Crippen LogP contribution in [0.4, 0.5) is 0 Å². The molecule has 7 nitrogen and oxygen atoms in total. The van der Waals surface area contributed by atoms with Crippen molar-refractivity contribution in [2.75, 3.05) is 6.54 Å². The van der Waals surface area contributed by atoms with E-state index in [1.54, 1.807) is 18.2 Å². The second kappa shape index (κ2) is 7.75. The van der Waals surface area contributed by atoms with E-state index >= 15 is 0 Å². The number of carbonyl (C=O) groups is 2. The van der Waals surface area contributed by atoms with Gasteiger partial charge in [0.25, 0.3) is 5.91 Å². The molecule has 21 heavy (non-hydrogen) atoms. The highest BCUT2D eigenvalue weighted by molar-refractivity contribution is 7.88. The molecule has 4 N–H and O–H groups in total. The molecule has 1 rings (SSSR count). The van der Waals surface area contributed by atoms with Crippen LogP contribution in [0.5, 0.6) is 0 Å². The number of carboxylic acids is 1. The van der Waals surface area contributed by atoms with E-state index in [1.807, 2.05) is 0 Å². The first-order valence-corrected chi connectivity index (χ1v) is 8.09. The number of primary sulfonamides is 1. The Labute approximate surface area is 123 Å². The SMILES string of the molecule is NS(=O)(=O)Cc1cccc(C(=O)NCCCCC(=O)O)c1. The van der Waals surface area contributed by atoms with Crippen LogP contribution in [0, 0.1) is 0 Å². The zero-order valence-corrected chi connectivity index (χ0v) is 12.2. The lowest BCUT2D eigenvalue weighted by Gasteiger charge is -2.06. The minimum absolute atomic E-state index is 0.0692. The summed E-state index contributed by atoms with van der Waals surface area (Å²) in [6.07, 6.45) is 1.12. The molecule has 1 aromatic carbocycles. The molecule has 0 saturated heterocycles. The van der Waals surface area contributed by atoms with Gasteiger partial charge in [0, 0.05) is 18.5 Å². The predicted octanol–water partition coefficient (Wildman–Crippen LogP) is 0.460. The zero-order valence-electron chi connectivity index (χ0n) is 11.4. The monoisotopic (exact) mass is 314 g/mol. The summed E-state index contributed by atoms with van der Waals surface area (Å²) in [4.78, 5) is 22.2. The fourth-order valence-corrected chi connectivity index (χ4v) is 2.38. The molecule has 0 fully saturated rings. The molecule has 1 aromatic rings. The van der Waals surface area contributed by atoms with Crippen molar-refractivity contribution in [3.63, 3.8) is 0 Å². The number of carboxylic acid groups (broad SMARTS) is 1. The lowest BCUT2D eigenvalue weighted by atomic mass is 10.1. The fourth-order valence-electron chi connectivity index (χ4n) is 1.74. The van der Waals surface area contributed by atoms with Gasteiger partial charge in [-0.1, -0.05) is 12.1 Å². The Morgan fingerprint density at radius 3 is 2.57 bits per heavy atom. The van der Waals surface area contributed by atoms with E-state index in [0.717, 1.165) is 0 Å². The third-order valence-corrected chi connectivity index (χ3v) is 3.40. The number of hydrogen-bond donors (Lipinski definition) is 3. The van der Waals surface area contributed by atoms with E-state index in [9.17, 15) is 18.0 Å². The van der Waals surface area contributed by atoms with Crippen molar-refractivity contribution in [3.05, 3.63) is 35.4 Å². The van der Waals surface area contributed by atoms with Gasteiger partial charge in [-0.25, -0.2) is 13.6 Å². The van der Waals surface area contributed by atoms with Crippen molar-refractivity contribution in [3.8, 4) is 0 Å². The van der Waals surface area contributed by atoms with Crippen molar-refractivity contribution in [2.45, 2.75) is 25.0 Å². The van der Waals surface area contributed by atoms with Crippen molar-refractivity contribution in [2.24, 2.45) is 5.14 Å².